The van der Waals surface area contributed by atoms with E-state index >= 15 is 0 Å². The molecule has 0 atom stereocenters. The van der Waals surface area contributed by atoms with Crippen molar-refractivity contribution in [1.82, 2.24) is 0 Å². The third-order valence-electron chi connectivity index (χ3n) is 3.64. The Morgan fingerprint density at radius 2 is 1.96 bits per heavy atom. The summed E-state index contributed by atoms with van der Waals surface area (Å²) in [6, 6.07) is 11.0. The first-order valence-corrected chi connectivity index (χ1v) is 7.90. The molecule has 0 unspecified atom stereocenters. The third-order valence-corrected chi connectivity index (χ3v) is 3.93. The van der Waals surface area contributed by atoms with E-state index in [1.54, 1.807) is 18.2 Å². The van der Waals surface area contributed by atoms with Crippen molar-refractivity contribution in [2.75, 3.05) is 14.2 Å². The molecule has 25 heavy (non-hydrogen) atoms. The molecule has 0 amide bonds. The topological polar surface area (TPSA) is 57.1 Å². The molecule has 5 nitrogen and oxygen atoms in total. The Hall–Kier alpha value is -2.79. The van der Waals surface area contributed by atoms with E-state index in [1.807, 2.05) is 31.2 Å². The van der Waals surface area contributed by atoms with Crippen LogP contribution in [0.2, 0.25) is 5.02 Å². The fraction of sp³-hybridized carbons (Fsp3) is 0.158. The predicted molar refractivity (Wildman–Crippen MR) is 96.3 cm³/mol. The minimum absolute atomic E-state index is 0.194. The number of benzene rings is 2. The summed E-state index contributed by atoms with van der Waals surface area (Å²) >= 11 is 6.19. The molecule has 2 aromatic carbocycles. The highest BCUT2D eigenvalue weighted by Crippen LogP contribution is 2.36. The van der Waals surface area contributed by atoms with E-state index < -0.39 is 5.97 Å². The SMILES string of the molecule is COc1cc(C=C2N=C(c3cccc(C)c3)OC2=O)cc(Cl)c1OC. The van der Waals surface area contributed by atoms with Crippen molar-refractivity contribution in [2.24, 2.45) is 4.99 Å². The minimum Gasteiger partial charge on any atom is -0.493 e. The number of hydrogen-bond acceptors (Lipinski definition) is 5. The van der Waals surface area contributed by atoms with Gasteiger partial charge in [-0.1, -0.05) is 29.3 Å². The lowest BCUT2D eigenvalue weighted by molar-refractivity contribution is -0.129. The molecule has 0 bridgehead atoms. The van der Waals surface area contributed by atoms with Crippen molar-refractivity contribution in [2.45, 2.75) is 6.92 Å². The third kappa shape index (κ3) is 3.51. The van der Waals surface area contributed by atoms with Crippen molar-refractivity contribution in [1.29, 1.82) is 0 Å². The smallest absolute Gasteiger partial charge is 0.363 e. The minimum atomic E-state index is -0.512. The fourth-order valence-electron chi connectivity index (χ4n) is 2.49. The van der Waals surface area contributed by atoms with Gasteiger partial charge in [-0.15, -0.1) is 0 Å². The number of aliphatic imine (C=N–C) groups is 1. The molecule has 3 rings (SSSR count). The molecule has 0 N–H and O–H groups in total. The number of aryl methyl sites for hydroxylation is 1. The normalized spacial score (nSPS) is 15.1. The molecule has 128 valence electrons. The number of ether oxygens (including phenoxy) is 3. The van der Waals surface area contributed by atoms with E-state index in [1.165, 1.54) is 14.2 Å². The number of rotatable bonds is 4. The van der Waals surface area contributed by atoms with Crippen LogP contribution >= 0.6 is 11.6 Å². The van der Waals surface area contributed by atoms with E-state index in [0.717, 1.165) is 11.1 Å². The van der Waals surface area contributed by atoms with Gasteiger partial charge in [0, 0.05) is 5.56 Å². The van der Waals surface area contributed by atoms with Gasteiger partial charge in [-0.05, 0) is 42.8 Å². The number of methoxy groups -OCH3 is 2. The Kier molecular flexibility index (Phi) is 4.76. The van der Waals surface area contributed by atoms with E-state index in [9.17, 15) is 4.79 Å². The molecule has 6 heteroatoms. The zero-order valence-electron chi connectivity index (χ0n) is 14.0. The summed E-state index contributed by atoms with van der Waals surface area (Å²) in [7, 11) is 3.03. The molecule has 0 radical (unpaired) electrons. The number of nitrogens with zero attached hydrogens (tertiary/aromatic N) is 1. The van der Waals surface area contributed by atoms with Crippen LogP contribution in [0.1, 0.15) is 16.7 Å². The zero-order valence-corrected chi connectivity index (χ0v) is 14.8. The van der Waals surface area contributed by atoms with Crippen LogP contribution in [0, 0.1) is 6.92 Å². The first kappa shape index (κ1) is 17.0. The van der Waals surface area contributed by atoms with E-state index in [2.05, 4.69) is 4.99 Å². The van der Waals surface area contributed by atoms with Gasteiger partial charge in [-0.25, -0.2) is 9.79 Å². The molecule has 1 aliphatic rings. The summed E-state index contributed by atoms with van der Waals surface area (Å²) in [5, 5.41) is 0.378. The average Bonchev–Trinajstić information content (AvgIpc) is 2.95. The molecule has 0 fully saturated rings. The predicted octanol–water partition coefficient (Wildman–Crippen LogP) is 4.01. The lowest BCUT2D eigenvalue weighted by Gasteiger charge is -2.10. The fourth-order valence-corrected chi connectivity index (χ4v) is 2.79. The molecule has 1 aliphatic heterocycles. The van der Waals surface area contributed by atoms with Crippen LogP contribution in [0.15, 0.2) is 47.1 Å². The van der Waals surface area contributed by atoms with Crippen LogP contribution in [0.5, 0.6) is 11.5 Å². The number of hydrogen-bond donors (Lipinski definition) is 0. The van der Waals surface area contributed by atoms with Crippen molar-refractivity contribution in [3.8, 4) is 11.5 Å². The molecule has 0 aliphatic carbocycles. The van der Waals surface area contributed by atoms with Crippen LogP contribution in [0.4, 0.5) is 0 Å². The van der Waals surface area contributed by atoms with Crippen LogP contribution in [-0.2, 0) is 9.53 Å². The van der Waals surface area contributed by atoms with Crippen molar-refractivity contribution in [3.63, 3.8) is 0 Å². The van der Waals surface area contributed by atoms with Gasteiger partial charge in [-0.2, -0.15) is 0 Å². The molecule has 1 heterocycles. The van der Waals surface area contributed by atoms with Crippen LogP contribution in [-0.4, -0.2) is 26.1 Å². The van der Waals surface area contributed by atoms with Gasteiger partial charge in [0.05, 0.1) is 19.2 Å². The van der Waals surface area contributed by atoms with E-state index in [4.69, 9.17) is 25.8 Å². The number of carbonyl (C=O) groups is 1. The Balaban J connectivity index is 1.98. The highest BCUT2D eigenvalue weighted by molar-refractivity contribution is 6.32. The lowest BCUT2D eigenvalue weighted by Crippen LogP contribution is -2.05. The first-order valence-electron chi connectivity index (χ1n) is 7.53. The highest BCUT2D eigenvalue weighted by Gasteiger charge is 2.24. The second-order valence-electron chi connectivity index (χ2n) is 5.44. The van der Waals surface area contributed by atoms with Crippen LogP contribution < -0.4 is 9.47 Å². The summed E-state index contributed by atoms with van der Waals surface area (Å²) in [5.74, 6) is 0.675. The summed E-state index contributed by atoms with van der Waals surface area (Å²) in [4.78, 5) is 16.4. The van der Waals surface area contributed by atoms with Gasteiger partial charge in [-0.3, -0.25) is 0 Å². The second-order valence-corrected chi connectivity index (χ2v) is 5.85. The molecule has 0 saturated carbocycles. The van der Waals surface area contributed by atoms with Gasteiger partial charge in [0.15, 0.2) is 17.2 Å². The van der Waals surface area contributed by atoms with Gasteiger partial charge in [0.2, 0.25) is 5.90 Å². The Morgan fingerprint density at radius 1 is 1.16 bits per heavy atom. The van der Waals surface area contributed by atoms with Crippen LogP contribution in [0.3, 0.4) is 0 Å². The van der Waals surface area contributed by atoms with E-state index in [-0.39, 0.29) is 11.6 Å². The van der Waals surface area contributed by atoms with Crippen molar-refractivity contribution < 1.29 is 19.0 Å². The number of cyclic esters (lactones) is 1. The number of carbonyl (C=O) groups excluding carboxylic acids is 1. The van der Waals surface area contributed by atoms with Crippen LogP contribution in [0.25, 0.3) is 6.08 Å². The second kappa shape index (κ2) is 6.99. The molecule has 2 aromatic rings. The number of halogens is 1. The largest absolute Gasteiger partial charge is 0.493 e. The van der Waals surface area contributed by atoms with Crippen molar-refractivity contribution >= 4 is 29.5 Å². The molecule has 0 saturated heterocycles. The first-order chi connectivity index (χ1) is 12.0. The summed E-state index contributed by atoms with van der Waals surface area (Å²) in [5.41, 5.74) is 2.66. The maximum absolute atomic E-state index is 12.1. The van der Waals surface area contributed by atoms with E-state index in [0.29, 0.717) is 22.1 Å². The zero-order chi connectivity index (χ0) is 18.0. The van der Waals surface area contributed by atoms with Gasteiger partial charge >= 0.3 is 5.97 Å². The molecular formula is C19H16ClNO4. The Morgan fingerprint density at radius 3 is 2.64 bits per heavy atom. The van der Waals surface area contributed by atoms with Crippen molar-refractivity contribution in [3.05, 3.63) is 63.8 Å². The average molecular weight is 358 g/mol. The number of esters is 1. The molecular weight excluding hydrogens is 342 g/mol. The summed E-state index contributed by atoms with van der Waals surface area (Å²) in [6.45, 7) is 1.96. The quantitative estimate of drug-likeness (QED) is 0.612. The van der Waals surface area contributed by atoms with Gasteiger partial charge in [0.25, 0.3) is 0 Å². The summed E-state index contributed by atoms with van der Waals surface area (Å²) in [6.07, 6.45) is 1.60. The molecule has 0 aromatic heterocycles. The standard InChI is InChI=1S/C19H16ClNO4/c1-11-5-4-6-13(7-11)18-21-15(19(22)25-18)9-12-8-14(20)17(24-3)16(10-12)23-2/h4-10H,1-3H3. The van der Waals surface area contributed by atoms with Gasteiger partial charge in [0.1, 0.15) is 0 Å². The monoisotopic (exact) mass is 357 g/mol. The Labute approximate surface area is 150 Å². The van der Waals surface area contributed by atoms with Gasteiger partial charge < -0.3 is 14.2 Å². The highest BCUT2D eigenvalue weighted by atomic mass is 35.5. The Bertz CT molecular complexity index is 902. The maximum Gasteiger partial charge on any atom is 0.363 e. The maximum atomic E-state index is 12.1. The lowest BCUT2D eigenvalue weighted by atomic mass is 10.1. The molecule has 0 spiro atoms. The summed E-state index contributed by atoms with van der Waals surface area (Å²) < 4.78 is 15.7.